The summed E-state index contributed by atoms with van der Waals surface area (Å²) in [5, 5.41) is 56.9. The molecule has 0 spiro atoms. The van der Waals surface area contributed by atoms with Crippen LogP contribution in [-0.2, 0) is 25.7 Å². The molecule has 1 aliphatic carbocycles. The van der Waals surface area contributed by atoms with Crippen molar-refractivity contribution in [2.24, 2.45) is 0 Å². The van der Waals surface area contributed by atoms with Gasteiger partial charge in [-0.2, -0.15) is 0 Å². The van der Waals surface area contributed by atoms with Crippen molar-refractivity contribution < 1.29 is 59.2 Å². The van der Waals surface area contributed by atoms with E-state index in [0.29, 0.717) is 0 Å². The Bertz CT molecular complexity index is 1430. The highest BCUT2D eigenvalue weighted by atomic mass is 17.2. The number of phenols is 2. The van der Waals surface area contributed by atoms with Crippen LogP contribution >= 0.6 is 0 Å². The van der Waals surface area contributed by atoms with Crippen LogP contribution < -0.4 is 10.1 Å². The van der Waals surface area contributed by atoms with Crippen LogP contribution in [0.5, 0.6) is 17.2 Å². The van der Waals surface area contributed by atoms with Gasteiger partial charge in [-0.15, -0.1) is 0 Å². The van der Waals surface area contributed by atoms with Crippen LogP contribution in [0.2, 0.25) is 0 Å². The Kier molecular flexibility index (Phi) is 9.28. The largest absolute Gasteiger partial charge is 0.508 e. The Morgan fingerprint density at radius 3 is 2.44 bits per heavy atom. The Morgan fingerprint density at radius 2 is 1.84 bits per heavy atom. The molecule has 0 amide bonds. The third-order valence-electron chi connectivity index (χ3n) is 8.39. The maximum Gasteiger partial charge on any atom is 0.197 e. The van der Waals surface area contributed by atoms with Gasteiger partial charge in [0.15, 0.2) is 23.6 Å². The molecule has 234 valence electrons. The number of aromatic hydroxyl groups is 2. The predicted molar refractivity (Wildman–Crippen MR) is 149 cm³/mol. The number of ether oxygens (including phenoxy) is 2. The molecule has 2 aromatic carbocycles. The fraction of sp³-hybridized carbons (Fsp3) is 0.500. The number of likely N-dealkylation sites (N-methyl/N-ethyl adjacent to an activating group) is 1. The summed E-state index contributed by atoms with van der Waals surface area (Å²) in [7, 11) is 3.00. The minimum atomic E-state index is -2.27. The summed E-state index contributed by atoms with van der Waals surface area (Å²) >= 11 is 0. The zero-order valence-electron chi connectivity index (χ0n) is 24.5. The van der Waals surface area contributed by atoms with Gasteiger partial charge in [-0.25, -0.2) is 9.78 Å². The molecule has 1 heterocycles. The second-order valence-corrected chi connectivity index (χ2v) is 11.2. The zero-order valence-corrected chi connectivity index (χ0v) is 24.5. The molecule has 6 N–H and O–H groups in total. The maximum absolute atomic E-state index is 13.7. The average Bonchev–Trinajstić information content (AvgIpc) is 2.98. The maximum atomic E-state index is 13.7. The van der Waals surface area contributed by atoms with Gasteiger partial charge in [-0.05, 0) is 40.0 Å². The third-order valence-corrected chi connectivity index (χ3v) is 8.39. The van der Waals surface area contributed by atoms with Gasteiger partial charge in [-0.1, -0.05) is 12.1 Å². The van der Waals surface area contributed by atoms with E-state index in [-0.39, 0.29) is 34.4 Å². The average molecular weight is 604 g/mol. The number of hydrogen-bond acceptors (Lipinski definition) is 13. The summed E-state index contributed by atoms with van der Waals surface area (Å²) in [5.41, 5.74) is -3.86. The molecule has 1 unspecified atom stereocenters. The van der Waals surface area contributed by atoms with Gasteiger partial charge in [0.2, 0.25) is 0 Å². The Balaban J connectivity index is 1.76. The van der Waals surface area contributed by atoms with E-state index in [2.05, 4.69) is 5.32 Å². The molecule has 1 fully saturated rings. The lowest BCUT2D eigenvalue weighted by Crippen LogP contribution is -2.61. The van der Waals surface area contributed by atoms with Gasteiger partial charge in [0.25, 0.3) is 0 Å². The number of benzene rings is 2. The number of phenolic OH excluding ortho intramolecular Hbond substituents is 2. The normalized spacial score (nSPS) is 28.7. The number of ketones is 3. The number of carbonyl (C=O) groups excluding carboxylic acids is 3. The van der Waals surface area contributed by atoms with Gasteiger partial charge in [0.1, 0.15) is 35.6 Å². The van der Waals surface area contributed by atoms with Crippen molar-refractivity contribution in [2.45, 2.75) is 75.8 Å². The zero-order chi connectivity index (χ0) is 31.9. The van der Waals surface area contributed by atoms with E-state index in [9.17, 15) is 39.9 Å². The fourth-order valence-corrected chi connectivity index (χ4v) is 5.84. The summed E-state index contributed by atoms with van der Waals surface area (Å²) in [6.07, 6.45) is -4.82. The third kappa shape index (κ3) is 5.89. The number of fused-ring (bicyclic) bond motifs is 1. The van der Waals surface area contributed by atoms with Crippen molar-refractivity contribution in [2.75, 3.05) is 20.8 Å². The second-order valence-electron chi connectivity index (χ2n) is 11.2. The highest BCUT2D eigenvalue weighted by Crippen LogP contribution is 2.48. The van der Waals surface area contributed by atoms with Gasteiger partial charge < -0.3 is 40.3 Å². The number of hydrogen-bond donors (Lipinski definition) is 6. The van der Waals surface area contributed by atoms with Gasteiger partial charge in [0.05, 0.1) is 30.4 Å². The molecule has 0 saturated carbocycles. The smallest absolute Gasteiger partial charge is 0.197 e. The van der Waals surface area contributed by atoms with Crippen LogP contribution in [0.15, 0.2) is 24.3 Å². The molecule has 4 rings (SSSR count). The Hall–Kier alpha value is -3.43. The second kappa shape index (κ2) is 12.3. The molecular weight excluding hydrogens is 566 g/mol. The first kappa shape index (κ1) is 32.5. The van der Waals surface area contributed by atoms with E-state index < -0.39 is 89.6 Å². The Morgan fingerprint density at radius 1 is 1.14 bits per heavy atom. The number of methoxy groups -OCH3 is 1. The van der Waals surface area contributed by atoms with Gasteiger partial charge >= 0.3 is 0 Å². The molecular formula is C30H37NO12. The van der Waals surface area contributed by atoms with E-state index in [1.165, 1.54) is 32.2 Å². The molecule has 0 aromatic heterocycles. The summed E-state index contributed by atoms with van der Waals surface area (Å²) in [6.45, 7) is 3.63. The monoisotopic (exact) mass is 603 g/mol. The first-order chi connectivity index (χ1) is 20.2. The summed E-state index contributed by atoms with van der Waals surface area (Å²) in [5.74, 6) is -3.33. The van der Waals surface area contributed by atoms with Crippen molar-refractivity contribution in [1.82, 2.24) is 5.32 Å². The number of carbonyl (C=O) groups is 3. The van der Waals surface area contributed by atoms with Crippen molar-refractivity contribution in [3.63, 3.8) is 0 Å². The SMILES string of the molecule is CN[C@]1(C)C[C@H](OO[C@@H]2C[C@](O)(C(=O)CO)Cc3c(O)c(C(=O)c4cccc(OC)c4C(C)=O)cc(O)c32)OC(C)[C@H]1O. The van der Waals surface area contributed by atoms with Gasteiger partial charge in [0, 0.05) is 41.5 Å². The lowest BCUT2D eigenvalue weighted by Gasteiger charge is -2.45. The summed E-state index contributed by atoms with van der Waals surface area (Å²) < 4.78 is 10.9. The molecule has 43 heavy (non-hydrogen) atoms. The number of nitrogens with one attached hydrogen (secondary N) is 1. The lowest BCUT2D eigenvalue weighted by atomic mass is 9.75. The van der Waals surface area contributed by atoms with E-state index in [1.54, 1.807) is 20.9 Å². The van der Waals surface area contributed by atoms with Crippen molar-refractivity contribution in [1.29, 1.82) is 0 Å². The quantitative estimate of drug-likeness (QED) is 0.0981. The number of Topliss-reactive ketones (excluding diaryl/α,β-unsaturated/α-hetero) is 2. The molecule has 0 bridgehead atoms. The molecule has 6 atom stereocenters. The molecule has 2 aliphatic rings. The van der Waals surface area contributed by atoms with Crippen molar-refractivity contribution >= 4 is 17.3 Å². The lowest BCUT2D eigenvalue weighted by molar-refractivity contribution is -0.424. The number of aliphatic hydroxyl groups excluding tert-OH is 2. The highest BCUT2D eigenvalue weighted by Gasteiger charge is 2.48. The van der Waals surface area contributed by atoms with Crippen LogP contribution in [0.3, 0.4) is 0 Å². The molecule has 0 radical (unpaired) electrons. The van der Waals surface area contributed by atoms with Crippen LogP contribution in [0, 0.1) is 0 Å². The van der Waals surface area contributed by atoms with E-state index >= 15 is 0 Å². The van der Waals surface area contributed by atoms with Crippen molar-refractivity contribution in [3.05, 3.63) is 52.1 Å². The first-order valence-electron chi connectivity index (χ1n) is 13.7. The molecule has 1 saturated heterocycles. The van der Waals surface area contributed by atoms with Crippen LogP contribution in [0.1, 0.15) is 77.1 Å². The number of rotatable bonds is 10. The molecule has 13 heteroatoms. The molecule has 2 aromatic rings. The molecule has 1 aliphatic heterocycles. The van der Waals surface area contributed by atoms with Gasteiger partial charge in [-0.3, -0.25) is 14.4 Å². The van der Waals surface area contributed by atoms with E-state index in [4.69, 9.17) is 19.2 Å². The van der Waals surface area contributed by atoms with Crippen LogP contribution in [0.25, 0.3) is 0 Å². The van der Waals surface area contributed by atoms with Crippen LogP contribution in [0.4, 0.5) is 0 Å². The first-order valence-corrected chi connectivity index (χ1v) is 13.7. The van der Waals surface area contributed by atoms with Crippen LogP contribution in [-0.4, -0.2) is 93.3 Å². The predicted octanol–water partition coefficient (Wildman–Crippen LogP) is 1.24. The van der Waals surface area contributed by atoms with E-state index in [0.717, 1.165) is 6.07 Å². The standard InChI is InChI=1S/C30H37NO12/c1-14(33)24-16(7-6-8-20(24)40-5)26(36)17-9-19(34)25-18(27(17)37)10-30(39,22(35)13-32)11-21(25)42-43-23-12-29(3,31-4)28(38)15(2)41-23/h6-9,15,21,23,28,31-32,34,37-39H,10-13H2,1-5H3/t15?,21-,23+,28-,29-,30+/m1/s1. The fourth-order valence-electron chi connectivity index (χ4n) is 5.84. The minimum absolute atomic E-state index is 0.0337. The summed E-state index contributed by atoms with van der Waals surface area (Å²) in [4.78, 5) is 49.9. The molecule has 13 nitrogen and oxygen atoms in total. The Labute approximate surface area is 247 Å². The number of aliphatic hydroxyl groups is 3. The van der Waals surface area contributed by atoms with E-state index in [1.807, 2.05) is 0 Å². The summed E-state index contributed by atoms with van der Waals surface area (Å²) in [6, 6.07) is 5.35. The van der Waals surface area contributed by atoms with Crippen molar-refractivity contribution in [3.8, 4) is 17.2 Å². The topological polar surface area (TPSA) is 201 Å². The highest BCUT2D eigenvalue weighted by molar-refractivity contribution is 6.17. The minimum Gasteiger partial charge on any atom is -0.508 e.